The van der Waals surface area contributed by atoms with E-state index in [0.717, 1.165) is 36.2 Å². The van der Waals surface area contributed by atoms with E-state index in [4.69, 9.17) is 10.5 Å². The molecule has 0 radical (unpaired) electrons. The van der Waals surface area contributed by atoms with E-state index in [9.17, 15) is 8.78 Å². The van der Waals surface area contributed by atoms with Crippen molar-refractivity contribution in [3.63, 3.8) is 0 Å². The molecular weight excluding hydrogens is 500 g/mol. The molecule has 3 N–H and O–H groups in total. The highest BCUT2D eigenvalue weighted by atomic mass is 19.1. The Morgan fingerprint density at radius 1 is 1.05 bits per heavy atom. The number of hydrogen-bond donors (Lipinski definition) is 2. The lowest BCUT2D eigenvalue weighted by Gasteiger charge is -2.34. The molecule has 8 nitrogen and oxygen atoms in total. The number of piperidine rings is 1. The lowest BCUT2D eigenvalue weighted by molar-refractivity contribution is 0.413. The smallest absolute Gasteiger partial charge is 0.168 e. The average molecular weight is 532 g/mol. The van der Waals surface area contributed by atoms with Gasteiger partial charge in [0.1, 0.15) is 29.0 Å². The van der Waals surface area contributed by atoms with E-state index in [2.05, 4.69) is 25.2 Å². The van der Waals surface area contributed by atoms with Gasteiger partial charge in [-0.3, -0.25) is 0 Å². The van der Waals surface area contributed by atoms with Crippen LogP contribution in [0.2, 0.25) is 0 Å². The summed E-state index contributed by atoms with van der Waals surface area (Å²) < 4.78 is 34.4. The Hall–Kier alpha value is -4.31. The summed E-state index contributed by atoms with van der Waals surface area (Å²) in [5, 5.41) is 3.23. The highest BCUT2D eigenvalue weighted by Gasteiger charge is 2.22. The van der Waals surface area contributed by atoms with Crippen LogP contribution in [0, 0.1) is 11.6 Å². The lowest BCUT2D eigenvalue weighted by atomic mass is 10.0. The van der Waals surface area contributed by atoms with Crippen LogP contribution in [-0.2, 0) is 0 Å². The summed E-state index contributed by atoms with van der Waals surface area (Å²) in [5.41, 5.74) is 9.65. The van der Waals surface area contributed by atoms with Crippen LogP contribution >= 0.6 is 0 Å². The molecule has 3 heterocycles. The Labute approximate surface area is 226 Å². The first-order valence-electron chi connectivity index (χ1n) is 12.7. The maximum absolute atomic E-state index is 14.6. The SMILES string of the molecule is COc1cccc(F)c1-c1nccc(Nc2cc(N3CCC[C@H](N)C3)c(-c3ccc(F)c(N(C)C)c3)cn2)n1. The summed E-state index contributed by atoms with van der Waals surface area (Å²) in [5.74, 6) is 0.763. The molecule has 39 heavy (non-hydrogen) atoms. The number of nitrogens with one attached hydrogen (secondary N) is 1. The Bertz CT molecular complexity index is 1480. The molecule has 10 heteroatoms. The average Bonchev–Trinajstić information content (AvgIpc) is 2.93. The Balaban J connectivity index is 1.53. The van der Waals surface area contributed by atoms with Gasteiger partial charge < -0.3 is 25.6 Å². The number of benzene rings is 2. The molecule has 2 aromatic heterocycles. The van der Waals surface area contributed by atoms with Crippen LogP contribution < -0.4 is 25.6 Å². The van der Waals surface area contributed by atoms with Gasteiger partial charge in [-0.05, 0) is 48.7 Å². The summed E-state index contributed by atoms with van der Waals surface area (Å²) in [6, 6.07) is 13.3. The monoisotopic (exact) mass is 531 g/mol. The minimum Gasteiger partial charge on any atom is -0.496 e. The van der Waals surface area contributed by atoms with Gasteiger partial charge in [0.05, 0.1) is 18.4 Å². The predicted molar refractivity (Wildman–Crippen MR) is 151 cm³/mol. The third-order valence-corrected chi connectivity index (χ3v) is 6.75. The van der Waals surface area contributed by atoms with Crippen LogP contribution in [0.15, 0.2) is 60.9 Å². The molecule has 0 amide bonds. The first kappa shape index (κ1) is 26.3. The summed E-state index contributed by atoms with van der Waals surface area (Å²) in [6.07, 6.45) is 5.26. The fourth-order valence-corrected chi connectivity index (χ4v) is 4.82. The highest BCUT2D eigenvalue weighted by Crippen LogP contribution is 2.37. The molecule has 1 aliphatic heterocycles. The molecule has 1 saturated heterocycles. The van der Waals surface area contributed by atoms with Crippen LogP contribution in [0.4, 0.5) is 31.8 Å². The van der Waals surface area contributed by atoms with E-state index < -0.39 is 5.82 Å². The fraction of sp³-hybridized carbons (Fsp3) is 0.276. The Kier molecular flexibility index (Phi) is 7.56. The molecule has 0 saturated carbocycles. The molecule has 5 rings (SSSR count). The number of aromatic nitrogens is 3. The fourth-order valence-electron chi connectivity index (χ4n) is 4.82. The molecule has 202 valence electrons. The molecular formula is C29H31F2N7O. The minimum absolute atomic E-state index is 0.0573. The number of nitrogens with zero attached hydrogens (tertiary/aromatic N) is 5. The van der Waals surface area contributed by atoms with Crippen LogP contribution in [0.25, 0.3) is 22.5 Å². The number of rotatable bonds is 7. The van der Waals surface area contributed by atoms with Gasteiger partial charge in [0.2, 0.25) is 0 Å². The number of anilines is 4. The molecule has 0 unspecified atom stereocenters. The lowest BCUT2D eigenvalue weighted by Crippen LogP contribution is -2.43. The van der Waals surface area contributed by atoms with Gasteiger partial charge >= 0.3 is 0 Å². The molecule has 2 aromatic carbocycles. The topological polar surface area (TPSA) is 92.4 Å². The van der Waals surface area contributed by atoms with Crippen molar-refractivity contribution in [1.82, 2.24) is 15.0 Å². The van der Waals surface area contributed by atoms with Crippen molar-refractivity contribution in [2.75, 3.05) is 49.4 Å². The van der Waals surface area contributed by atoms with Gasteiger partial charge in [0.15, 0.2) is 5.82 Å². The maximum atomic E-state index is 14.6. The third-order valence-electron chi connectivity index (χ3n) is 6.75. The number of hydrogen-bond acceptors (Lipinski definition) is 8. The Morgan fingerprint density at radius 3 is 2.67 bits per heavy atom. The number of halogens is 2. The molecule has 0 aliphatic carbocycles. The van der Waals surface area contributed by atoms with Crippen LogP contribution in [0.5, 0.6) is 5.75 Å². The second kappa shape index (κ2) is 11.2. The number of pyridine rings is 1. The standard InChI is InChI=1S/C29H31F2N7O/c1-37(2)24-14-18(9-10-21(24)30)20-16-34-27(15-23(20)38-13-5-6-19(32)17-38)35-26-11-12-33-29(36-26)28-22(31)7-4-8-25(28)39-3/h4,7-12,14-16,19H,5-6,13,17,32H2,1-3H3,(H,33,34,35,36)/t19-/m0/s1. The van der Waals surface area contributed by atoms with E-state index >= 15 is 0 Å². The van der Waals surface area contributed by atoms with Gasteiger partial charge in [0, 0.05) is 62.9 Å². The van der Waals surface area contributed by atoms with E-state index in [-0.39, 0.29) is 23.2 Å². The van der Waals surface area contributed by atoms with Crippen molar-refractivity contribution in [1.29, 1.82) is 0 Å². The first-order valence-corrected chi connectivity index (χ1v) is 12.7. The van der Waals surface area contributed by atoms with Crippen molar-refractivity contribution < 1.29 is 13.5 Å². The van der Waals surface area contributed by atoms with Crippen LogP contribution in [-0.4, -0.2) is 55.3 Å². The summed E-state index contributed by atoms with van der Waals surface area (Å²) in [6.45, 7) is 1.54. The zero-order valence-electron chi connectivity index (χ0n) is 22.2. The zero-order valence-corrected chi connectivity index (χ0v) is 22.2. The zero-order chi connectivity index (χ0) is 27.5. The van der Waals surface area contributed by atoms with Crippen LogP contribution in [0.3, 0.4) is 0 Å². The van der Waals surface area contributed by atoms with Gasteiger partial charge in [-0.15, -0.1) is 0 Å². The number of methoxy groups -OCH3 is 1. The van der Waals surface area contributed by atoms with Crippen LogP contribution in [0.1, 0.15) is 12.8 Å². The van der Waals surface area contributed by atoms with Crippen molar-refractivity contribution >= 4 is 23.0 Å². The van der Waals surface area contributed by atoms with Gasteiger partial charge in [0.25, 0.3) is 0 Å². The molecule has 0 spiro atoms. The quantitative estimate of drug-likeness (QED) is 0.335. The minimum atomic E-state index is -0.478. The van der Waals surface area contributed by atoms with E-state index in [1.54, 1.807) is 41.6 Å². The second-order valence-corrected chi connectivity index (χ2v) is 9.70. The van der Waals surface area contributed by atoms with E-state index in [1.165, 1.54) is 19.2 Å². The number of nitrogens with two attached hydrogens (primary N) is 1. The highest BCUT2D eigenvalue weighted by molar-refractivity contribution is 5.82. The molecule has 1 fully saturated rings. The van der Waals surface area contributed by atoms with E-state index in [0.29, 0.717) is 29.6 Å². The normalized spacial score (nSPS) is 15.2. The van der Waals surface area contributed by atoms with Crippen molar-refractivity contribution in [2.45, 2.75) is 18.9 Å². The largest absolute Gasteiger partial charge is 0.496 e. The van der Waals surface area contributed by atoms with Crippen molar-refractivity contribution in [3.8, 4) is 28.3 Å². The molecule has 0 bridgehead atoms. The molecule has 1 aliphatic rings. The molecule has 4 aromatic rings. The van der Waals surface area contributed by atoms with Crippen molar-refractivity contribution in [2.24, 2.45) is 5.73 Å². The Morgan fingerprint density at radius 2 is 1.90 bits per heavy atom. The first-order chi connectivity index (χ1) is 18.8. The predicted octanol–water partition coefficient (Wildman–Crippen LogP) is 5.23. The van der Waals surface area contributed by atoms with Gasteiger partial charge in [-0.2, -0.15) is 0 Å². The van der Waals surface area contributed by atoms with Crippen molar-refractivity contribution in [3.05, 3.63) is 72.6 Å². The number of ether oxygens (including phenoxy) is 1. The van der Waals surface area contributed by atoms with Gasteiger partial charge in [-0.1, -0.05) is 12.1 Å². The second-order valence-electron chi connectivity index (χ2n) is 9.70. The summed E-state index contributed by atoms with van der Waals surface area (Å²) >= 11 is 0. The maximum Gasteiger partial charge on any atom is 0.168 e. The third kappa shape index (κ3) is 5.61. The summed E-state index contributed by atoms with van der Waals surface area (Å²) in [7, 11) is 5.10. The summed E-state index contributed by atoms with van der Waals surface area (Å²) in [4.78, 5) is 17.4. The molecule has 1 atom stereocenters. The van der Waals surface area contributed by atoms with Gasteiger partial charge in [-0.25, -0.2) is 23.7 Å². The van der Waals surface area contributed by atoms with E-state index in [1.807, 2.05) is 26.2 Å².